The van der Waals surface area contributed by atoms with Crippen molar-refractivity contribution < 1.29 is 4.79 Å². The lowest BCUT2D eigenvalue weighted by molar-refractivity contribution is 0.0996. The van der Waals surface area contributed by atoms with Crippen molar-refractivity contribution in [3.05, 3.63) is 51.1 Å². The van der Waals surface area contributed by atoms with Gasteiger partial charge in [0.2, 0.25) is 0 Å². The minimum atomic E-state index is -0.492. The van der Waals surface area contributed by atoms with Gasteiger partial charge in [0.05, 0.1) is 12.1 Å². The molecule has 0 fully saturated rings. The van der Waals surface area contributed by atoms with Crippen LogP contribution in [0.1, 0.15) is 34.9 Å². The number of hydrogen-bond donors (Lipinski definition) is 1. The Labute approximate surface area is 143 Å². The molecule has 0 saturated heterocycles. The summed E-state index contributed by atoms with van der Waals surface area (Å²) in [7, 11) is 0. The minimum Gasteiger partial charge on any atom is -0.364 e. The van der Waals surface area contributed by atoms with E-state index in [1.807, 2.05) is 12.1 Å². The first-order chi connectivity index (χ1) is 10.9. The van der Waals surface area contributed by atoms with Gasteiger partial charge in [-0.25, -0.2) is 4.98 Å². The number of thiazole rings is 1. The Hall–Kier alpha value is -1.85. The molecule has 2 heterocycles. The molecular formula is C17H18ClN3OS. The van der Waals surface area contributed by atoms with Gasteiger partial charge < -0.3 is 10.3 Å². The molecule has 1 amide bonds. The van der Waals surface area contributed by atoms with Crippen LogP contribution in [0.4, 0.5) is 0 Å². The van der Waals surface area contributed by atoms with Gasteiger partial charge in [-0.15, -0.1) is 11.3 Å². The van der Waals surface area contributed by atoms with Gasteiger partial charge in [0.25, 0.3) is 5.91 Å². The summed E-state index contributed by atoms with van der Waals surface area (Å²) < 4.78 is 2.14. The Balaban J connectivity index is 2.01. The molecule has 0 spiro atoms. The van der Waals surface area contributed by atoms with E-state index in [1.54, 1.807) is 5.38 Å². The van der Waals surface area contributed by atoms with Crippen molar-refractivity contribution in [2.45, 2.75) is 26.8 Å². The average molecular weight is 348 g/mol. The fourth-order valence-electron chi connectivity index (χ4n) is 2.72. The van der Waals surface area contributed by atoms with E-state index in [2.05, 4.69) is 35.7 Å². The molecule has 3 aromatic rings. The van der Waals surface area contributed by atoms with Crippen LogP contribution in [0.3, 0.4) is 0 Å². The van der Waals surface area contributed by atoms with E-state index in [-0.39, 0.29) is 0 Å². The van der Waals surface area contributed by atoms with Crippen molar-refractivity contribution >= 4 is 39.7 Å². The number of fused-ring (bicyclic) bond motifs is 1. The average Bonchev–Trinajstić information content (AvgIpc) is 3.05. The summed E-state index contributed by atoms with van der Waals surface area (Å²) in [5.41, 5.74) is 7.98. The normalized spacial score (nSPS) is 11.5. The van der Waals surface area contributed by atoms with E-state index in [0.29, 0.717) is 23.2 Å². The number of hydrogen-bond acceptors (Lipinski definition) is 3. The van der Waals surface area contributed by atoms with Crippen LogP contribution in [0.2, 0.25) is 5.02 Å². The van der Waals surface area contributed by atoms with Crippen molar-refractivity contribution in [1.29, 1.82) is 0 Å². The zero-order chi connectivity index (χ0) is 16.6. The fourth-order valence-corrected chi connectivity index (χ4v) is 3.66. The van der Waals surface area contributed by atoms with Gasteiger partial charge in [0, 0.05) is 22.0 Å². The molecule has 2 N–H and O–H groups in total. The minimum absolute atomic E-state index is 0.321. The van der Waals surface area contributed by atoms with Crippen molar-refractivity contribution in [3.8, 4) is 0 Å². The van der Waals surface area contributed by atoms with Gasteiger partial charge in [-0.05, 0) is 30.0 Å². The van der Waals surface area contributed by atoms with Crippen LogP contribution < -0.4 is 5.73 Å². The highest BCUT2D eigenvalue weighted by Gasteiger charge is 2.13. The highest BCUT2D eigenvalue weighted by molar-refractivity contribution is 7.09. The van der Waals surface area contributed by atoms with Gasteiger partial charge in [-0.2, -0.15) is 0 Å². The van der Waals surface area contributed by atoms with Crippen molar-refractivity contribution in [1.82, 2.24) is 9.55 Å². The van der Waals surface area contributed by atoms with Crippen LogP contribution in [-0.4, -0.2) is 15.5 Å². The van der Waals surface area contributed by atoms with Crippen LogP contribution in [0.5, 0.6) is 0 Å². The third kappa shape index (κ3) is 3.41. The molecule has 2 aromatic heterocycles. The van der Waals surface area contributed by atoms with Crippen LogP contribution in [0.15, 0.2) is 29.8 Å². The Morgan fingerprint density at radius 1 is 1.43 bits per heavy atom. The van der Waals surface area contributed by atoms with E-state index >= 15 is 0 Å². The first-order valence-corrected chi connectivity index (χ1v) is 8.71. The number of benzene rings is 1. The molecule has 0 unspecified atom stereocenters. The maximum Gasteiger partial charge on any atom is 0.268 e. The quantitative estimate of drug-likeness (QED) is 0.755. The maximum absolute atomic E-state index is 11.2. The second-order valence-corrected chi connectivity index (χ2v) is 7.41. The monoisotopic (exact) mass is 347 g/mol. The maximum atomic E-state index is 11.2. The number of nitrogens with zero attached hydrogens (tertiary/aromatic N) is 2. The molecule has 0 saturated carbocycles. The fraction of sp³-hybridized carbons (Fsp3) is 0.294. The Morgan fingerprint density at radius 3 is 2.87 bits per heavy atom. The van der Waals surface area contributed by atoms with Crippen molar-refractivity contribution in [2.24, 2.45) is 11.7 Å². The van der Waals surface area contributed by atoms with Gasteiger partial charge in [-0.1, -0.05) is 31.5 Å². The van der Waals surface area contributed by atoms with E-state index in [1.165, 1.54) is 22.3 Å². The molecule has 3 rings (SSSR count). The number of carbonyl (C=O) groups is 1. The zero-order valence-corrected chi connectivity index (χ0v) is 14.6. The number of amides is 1. The Bertz CT molecular complexity index is 866. The van der Waals surface area contributed by atoms with Crippen molar-refractivity contribution in [2.75, 3.05) is 0 Å². The smallest absolute Gasteiger partial charge is 0.268 e. The van der Waals surface area contributed by atoms with Crippen LogP contribution in [-0.2, 0) is 13.0 Å². The van der Waals surface area contributed by atoms with E-state index in [0.717, 1.165) is 16.9 Å². The van der Waals surface area contributed by atoms with Gasteiger partial charge >= 0.3 is 0 Å². The van der Waals surface area contributed by atoms with Gasteiger partial charge in [-0.3, -0.25) is 4.79 Å². The molecule has 0 atom stereocenters. The van der Waals surface area contributed by atoms with E-state index in [4.69, 9.17) is 17.3 Å². The molecule has 0 aliphatic carbocycles. The molecule has 0 aliphatic heterocycles. The number of rotatable bonds is 5. The Kier molecular flexibility index (Phi) is 4.41. The summed E-state index contributed by atoms with van der Waals surface area (Å²) in [4.78, 5) is 15.5. The van der Waals surface area contributed by atoms with Crippen LogP contribution in [0.25, 0.3) is 10.9 Å². The molecule has 0 bridgehead atoms. The lowest BCUT2D eigenvalue weighted by Gasteiger charge is -2.02. The summed E-state index contributed by atoms with van der Waals surface area (Å²) in [6.45, 7) is 5.02. The summed E-state index contributed by atoms with van der Waals surface area (Å²) in [6, 6.07) is 5.97. The molecule has 0 aliphatic rings. The topological polar surface area (TPSA) is 60.9 Å². The summed E-state index contributed by atoms with van der Waals surface area (Å²) in [6.07, 6.45) is 3.17. The zero-order valence-electron chi connectivity index (χ0n) is 13.0. The lowest BCUT2D eigenvalue weighted by atomic mass is 10.0. The highest BCUT2D eigenvalue weighted by atomic mass is 35.5. The van der Waals surface area contributed by atoms with Gasteiger partial charge in [0.15, 0.2) is 0 Å². The summed E-state index contributed by atoms with van der Waals surface area (Å²) in [5.74, 6) is 0.0828. The largest absolute Gasteiger partial charge is 0.364 e. The number of aromatic nitrogens is 2. The summed E-state index contributed by atoms with van der Waals surface area (Å²) >= 11 is 7.61. The standard InChI is InChI=1S/C17H18ClN3OS/c1-10(2)5-11-7-21(15-6-12(18)3-4-13(11)15)8-16-20-14(9-23-16)17(19)22/h3-4,6-7,9-10H,5,8H2,1-2H3,(H2,19,22). The predicted octanol–water partition coefficient (Wildman–Crippen LogP) is 4.10. The predicted molar refractivity (Wildman–Crippen MR) is 95.2 cm³/mol. The molecule has 1 aromatic carbocycles. The lowest BCUT2D eigenvalue weighted by Crippen LogP contribution is -2.11. The second-order valence-electron chi connectivity index (χ2n) is 6.03. The summed E-state index contributed by atoms with van der Waals surface area (Å²) in [5, 5.41) is 4.48. The molecular weight excluding hydrogens is 330 g/mol. The number of nitrogens with two attached hydrogens (primary N) is 1. The van der Waals surface area contributed by atoms with Crippen molar-refractivity contribution in [3.63, 3.8) is 0 Å². The number of primary amides is 1. The SMILES string of the molecule is CC(C)Cc1cn(Cc2nc(C(N)=O)cs2)c2cc(Cl)ccc12. The van der Waals surface area contributed by atoms with E-state index in [9.17, 15) is 4.79 Å². The Morgan fingerprint density at radius 2 is 2.22 bits per heavy atom. The third-order valence-electron chi connectivity index (χ3n) is 3.66. The first kappa shape index (κ1) is 16.0. The van der Waals surface area contributed by atoms with Crippen LogP contribution >= 0.6 is 22.9 Å². The second kappa shape index (κ2) is 6.34. The molecule has 120 valence electrons. The molecule has 4 nitrogen and oxygen atoms in total. The van der Waals surface area contributed by atoms with Crippen LogP contribution in [0, 0.1) is 5.92 Å². The van der Waals surface area contributed by atoms with Gasteiger partial charge in [0.1, 0.15) is 10.7 Å². The highest BCUT2D eigenvalue weighted by Crippen LogP contribution is 2.27. The number of carbonyl (C=O) groups excluding carboxylic acids is 1. The molecule has 23 heavy (non-hydrogen) atoms. The number of halogens is 1. The molecule has 6 heteroatoms. The van der Waals surface area contributed by atoms with E-state index < -0.39 is 5.91 Å². The first-order valence-electron chi connectivity index (χ1n) is 7.45. The third-order valence-corrected chi connectivity index (χ3v) is 4.73. The molecule has 0 radical (unpaired) electrons.